The maximum Gasteiger partial charge on any atom is 0.325 e. The van der Waals surface area contributed by atoms with E-state index in [1.54, 1.807) is 19.1 Å². The summed E-state index contributed by atoms with van der Waals surface area (Å²) in [4.78, 5) is 38.4. The van der Waals surface area contributed by atoms with Crippen molar-refractivity contribution in [3.05, 3.63) is 64.4 Å². The third-order valence-electron chi connectivity index (χ3n) is 4.93. The maximum atomic E-state index is 13.8. The molecule has 0 aliphatic carbocycles. The van der Waals surface area contributed by atoms with Crippen molar-refractivity contribution >= 4 is 35.1 Å². The van der Waals surface area contributed by atoms with Gasteiger partial charge in [0.15, 0.2) is 0 Å². The molecule has 152 valence electrons. The van der Waals surface area contributed by atoms with Crippen LogP contribution in [0.5, 0.6) is 0 Å². The molecule has 1 aliphatic heterocycles. The van der Waals surface area contributed by atoms with Crippen LogP contribution in [0.1, 0.15) is 37.8 Å². The van der Waals surface area contributed by atoms with Gasteiger partial charge in [0.2, 0.25) is 5.91 Å². The summed E-state index contributed by atoms with van der Waals surface area (Å²) in [5, 5.41) is 5.23. The third kappa shape index (κ3) is 4.10. The number of urea groups is 1. The minimum absolute atomic E-state index is 0.124. The van der Waals surface area contributed by atoms with E-state index in [0.29, 0.717) is 11.5 Å². The second-order valence-electron chi connectivity index (χ2n) is 7.40. The molecule has 0 bridgehead atoms. The number of halogens is 2. The molecule has 1 saturated heterocycles. The Bertz CT molecular complexity index is 978. The van der Waals surface area contributed by atoms with Crippen molar-refractivity contribution in [2.45, 2.75) is 32.2 Å². The molecule has 0 unspecified atom stereocenters. The van der Waals surface area contributed by atoms with Crippen molar-refractivity contribution in [2.24, 2.45) is 0 Å². The van der Waals surface area contributed by atoms with Crippen LogP contribution in [0.2, 0.25) is 5.02 Å². The Labute approximate surface area is 173 Å². The lowest BCUT2D eigenvalue weighted by Gasteiger charge is -2.22. The van der Waals surface area contributed by atoms with Gasteiger partial charge in [-0.2, -0.15) is 0 Å². The van der Waals surface area contributed by atoms with Crippen molar-refractivity contribution in [2.75, 3.05) is 11.9 Å². The number of nitrogens with one attached hydrogen (secondary N) is 2. The first-order chi connectivity index (χ1) is 13.6. The number of carbonyl (C=O) groups is 3. The molecule has 1 aliphatic rings. The molecule has 0 saturated carbocycles. The van der Waals surface area contributed by atoms with E-state index in [1.165, 1.54) is 12.1 Å². The van der Waals surface area contributed by atoms with Crippen LogP contribution in [0.4, 0.5) is 14.9 Å². The van der Waals surface area contributed by atoms with Gasteiger partial charge in [0.05, 0.1) is 5.69 Å². The fourth-order valence-electron chi connectivity index (χ4n) is 3.16. The Morgan fingerprint density at radius 2 is 1.86 bits per heavy atom. The lowest BCUT2D eigenvalue weighted by atomic mass is 9.90. The summed E-state index contributed by atoms with van der Waals surface area (Å²) in [6, 6.07) is 10.4. The highest BCUT2D eigenvalue weighted by atomic mass is 35.5. The van der Waals surface area contributed by atoms with Gasteiger partial charge in [-0.15, -0.1) is 0 Å². The van der Waals surface area contributed by atoms with E-state index in [4.69, 9.17) is 11.6 Å². The first-order valence-corrected chi connectivity index (χ1v) is 9.49. The zero-order valence-electron chi connectivity index (χ0n) is 16.3. The first-order valence-electron chi connectivity index (χ1n) is 9.11. The van der Waals surface area contributed by atoms with Crippen LogP contribution in [0, 0.1) is 5.82 Å². The molecule has 6 nitrogen and oxygen atoms in total. The zero-order valence-corrected chi connectivity index (χ0v) is 17.0. The van der Waals surface area contributed by atoms with Gasteiger partial charge in [0.1, 0.15) is 17.9 Å². The average Bonchev–Trinajstić information content (AvgIpc) is 2.89. The van der Waals surface area contributed by atoms with E-state index in [0.717, 1.165) is 16.5 Å². The molecular formula is C21H21ClFN3O3. The fourth-order valence-corrected chi connectivity index (χ4v) is 3.34. The zero-order chi connectivity index (χ0) is 21.3. The van der Waals surface area contributed by atoms with Gasteiger partial charge in [0.25, 0.3) is 5.91 Å². The van der Waals surface area contributed by atoms with Gasteiger partial charge in [-0.1, -0.05) is 49.7 Å². The van der Waals surface area contributed by atoms with E-state index < -0.39 is 35.7 Å². The summed E-state index contributed by atoms with van der Waals surface area (Å²) >= 11 is 5.81. The summed E-state index contributed by atoms with van der Waals surface area (Å²) in [7, 11) is 0. The van der Waals surface area contributed by atoms with Crippen LogP contribution in [0.25, 0.3) is 0 Å². The van der Waals surface area contributed by atoms with E-state index in [1.807, 2.05) is 12.1 Å². The van der Waals surface area contributed by atoms with Gasteiger partial charge in [-0.25, -0.2) is 9.18 Å². The number of imide groups is 1. The van der Waals surface area contributed by atoms with Gasteiger partial charge >= 0.3 is 6.03 Å². The highest BCUT2D eigenvalue weighted by Gasteiger charge is 2.49. The quantitative estimate of drug-likeness (QED) is 0.721. The predicted octanol–water partition coefficient (Wildman–Crippen LogP) is 4.01. The lowest BCUT2D eigenvalue weighted by Crippen LogP contribution is -2.42. The number of carbonyl (C=O) groups excluding carboxylic acids is 3. The van der Waals surface area contributed by atoms with Crippen LogP contribution in [-0.2, 0) is 15.1 Å². The minimum Gasteiger partial charge on any atom is -0.322 e. The Balaban J connectivity index is 1.76. The second-order valence-corrected chi connectivity index (χ2v) is 7.83. The summed E-state index contributed by atoms with van der Waals surface area (Å²) in [6.45, 7) is 5.16. The number of rotatable bonds is 5. The van der Waals surface area contributed by atoms with Crippen molar-refractivity contribution in [3.8, 4) is 0 Å². The van der Waals surface area contributed by atoms with Gasteiger partial charge in [-0.05, 0) is 42.2 Å². The molecule has 2 aromatic rings. The highest BCUT2D eigenvalue weighted by molar-refractivity contribution is 6.30. The molecule has 29 heavy (non-hydrogen) atoms. The molecule has 2 N–H and O–H groups in total. The number of anilines is 1. The Morgan fingerprint density at radius 3 is 2.48 bits per heavy atom. The first kappa shape index (κ1) is 20.8. The van der Waals surface area contributed by atoms with Crippen LogP contribution < -0.4 is 10.6 Å². The van der Waals surface area contributed by atoms with Crippen molar-refractivity contribution in [3.63, 3.8) is 0 Å². The molecule has 2 aromatic carbocycles. The number of hydrogen-bond donors (Lipinski definition) is 2. The smallest absolute Gasteiger partial charge is 0.322 e. The highest BCUT2D eigenvalue weighted by Crippen LogP contribution is 2.30. The molecule has 0 aromatic heterocycles. The number of benzene rings is 2. The fraction of sp³-hybridized carbons (Fsp3) is 0.286. The van der Waals surface area contributed by atoms with E-state index in [-0.39, 0.29) is 10.7 Å². The molecule has 1 fully saturated rings. The van der Waals surface area contributed by atoms with Gasteiger partial charge in [-0.3, -0.25) is 14.5 Å². The monoisotopic (exact) mass is 417 g/mol. The normalized spacial score (nSPS) is 18.9. The lowest BCUT2D eigenvalue weighted by molar-refractivity contribution is -0.133. The van der Waals surface area contributed by atoms with E-state index >= 15 is 0 Å². The molecule has 8 heteroatoms. The predicted molar refractivity (Wildman–Crippen MR) is 108 cm³/mol. The largest absolute Gasteiger partial charge is 0.325 e. The SMILES string of the molecule is CC(C)c1ccc([C@@]2(C)NC(=O)N(CC(=O)Nc3cc(Cl)ccc3F)C2=O)cc1. The average molecular weight is 418 g/mol. The van der Waals surface area contributed by atoms with Crippen LogP contribution in [0.3, 0.4) is 0 Å². The summed E-state index contributed by atoms with van der Waals surface area (Å²) < 4.78 is 13.8. The third-order valence-corrected chi connectivity index (χ3v) is 5.17. The number of hydrogen-bond acceptors (Lipinski definition) is 3. The molecule has 1 heterocycles. The Kier molecular flexibility index (Phi) is 5.61. The molecular weight excluding hydrogens is 397 g/mol. The maximum absolute atomic E-state index is 13.8. The minimum atomic E-state index is -1.28. The molecule has 1 atom stereocenters. The van der Waals surface area contributed by atoms with E-state index in [2.05, 4.69) is 24.5 Å². The summed E-state index contributed by atoms with van der Waals surface area (Å²) in [5.41, 5.74) is 0.313. The number of amides is 4. The van der Waals surface area contributed by atoms with Gasteiger partial charge in [0, 0.05) is 5.02 Å². The van der Waals surface area contributed by atoms with Crippen molar-refractivity contribution in [1.29, 1.82) is 0 Å². The van der Waals surface area contributed by atoms with Crippen LogP contribution in [-0.4, -0.2) is 29.3 Å². The standard InChI is InChI=1S/C21H21ClFN3O3/c1-12(2)13-4-6-14(7-5-13)21(3)19(28)26(20(29)25-21)11-18(27)24-17-10-15(22)8-9-16(17)23/h4-10,12H,11H2,1-3H3,(H,24,27)(H,25,29)/t21-/m1/s1. The second kappa shape index (κ2) is 7.83. The Hall–Kier alpha value is -2.93. The van der Waals surface area contributed by atoms with Crippen LogP contribution >= 0.6 is 11.6 Å². The number of nitrogens with zero attached hydrogens (tertiary/aromatic N) is 1. The molecule has 0 spiro atoms. The Morgan fingerprint density at radius 1 is 1.21 bits per heavy atom. The van der Waals surface area contributed by atoms with E-state index in [9.17, 15) is 18.8 Å². The van der Waals surface area contributed by atoms with Crippen LogP contribution in [0.15, 0.2) is 42.5 Å². The topological polar surface area (TPSA) is 78.5 Å². The molecule has 0 radical (unpaired) electrons. The summed E-state index contributed by atoms with van der Waals surface area (Å²) in [6.07, 6.45) is 0. The van der Waals surface area contributed by atoms with Crippen molar-refractivity contribution < 1.29 is 18.8 Å². The molecule has 4 amide bonds. The summed E-state index contributed by atoms with van der Waals surface area (Å²) in [5.74, 6) is -1.61. The molecule has 3 rings (SSSR count). The van der Waals surface area contributed by atoms with Crippen molar-refractivity contribution in [1.82, 2.24) is 10.2 Å². The van der Waals surface area contributed by atoms with Gasteiger partial charge < -0.3 is 10.6 Å².